The van der Waals surface area contributed by atoms with Gasteiger partial charge in [0.05, 0.1) is 5.69 Å². The number of H-pyrrole nitrogens is 1. The number of aryl methyl sites for hydroxylation is 1. The molecule has 3 rings (SSSR count). The van der Waals surface area contributed by atoms with E-state index in [2.05, 4.69) is 10.1 Å². The second kappa shape index (κ2) is 6.98. The average Bonchev–Trinajstić information content (AvgIpc) is 3.05. The molecule has 2 aromatic heterocycles. The highest BCUT2D eigenvalue weighted by Gasteiger charge is 2.28. The number of carboxylic acids is 1. The molecule has 1 fully saturated rings. The molecule has 0 aromatic carbocycles. The third kappa shape index (κ3) is 3.58. The van der Waals surface area contributed by atoms with Crippen LogP contribution in [0, 0.1) is 0 Å². The molecule has 0 saturated carbocycles. The van der Waals surface area contributed by atoms with Gasteiger partial charge < -0.3 is 14.6 Å². The number of piperidine rings is 1. The van der Waals surface area contributed by atoms with Crippen LogP contribution in [0.3, 0.4) is 0 Å². The number of hydrogen-bond acceptors (Lipinski definition) is 5. The molecular formula is C16H19N5O5. The minimum Gasteiger partial charge on any atom is -0.480 e. The number of carbonyl (C=O) groups excluding carboxylic acids is 1. The Morgan fingerprint density at radius 2 is 2.15 bits per heavy atom. The largest absolute Gasteiger partial charge is 0.480 e. The van der Waals surface area contributed by atoms with Gasteiger partial charge in [0, 0.05) is 38.4 Å². The molecule has 0 aliphatic carbocycles. The molecule has 0 spiro atoms. The number of amides is 1. The van der Waals surface area contributed by atoms with E-state index in [1.807, 2.05) is 0 Å². The fourth-order valence-electron chi connectivity index (χ4n) is 3.11. The van der Waals surface area contributed by atoms with E-state index in [4.69, 9.17) is 5.11 Å². The van der Waals surface area contributed by atoms with Crippen LogP contribution in [0.1, 0.15) is 34.8 Å². The number of aromatic nitrogens is 4. The summed E-state index contributed by atoms with van der Waals surface area (Å²) in [5.41, 5.74) is -0.639. The molecule has 10 nitrogen and oxygen atoms in total. The van der Waals surface area contributed by atoms with Crippen molar-refractivity contribution in [1.29, 1.82) is 0 Å². The number of aromatic amines is 1. The molecule has 2 aromatic rings. The molecule has 1 amide bonds. The molecule has 2 N–H and O–H groups in total. The lowest BCUT2D eigenvalue weighted by Gasteiger charge is -2.31. The summed E-state index contributed by atoms with van der Waals surface area (Å²) in [6.45, 7) is 0.668. The van der Waals surface area contributed by atoms with Crippen LogP contribution in [-0.4, -0.2) is 54.3 Å². The summed E-state index contributed by atoms with van der Waals surface area (Å²) in [5, 5.41) is 13.1. The number of nitrogens with zero attached hydrogens (tertiary/aromatic N) is 4. The molecule has 26 heavy (non-hydrogen) atoms. The van der Waals surface area contributed by atoms with Crippen molar-refractivity contribution in [3.05, 3.63) is 50.6 Å². The van der Waals surface area contributed by atoms with Crippen LogP contribution in [0.25, 0.3) is 0 Å². The zero-order chi connectivity index (χ0) is 18.8. The topological polar surface area (TPSA) is 130 Å². The van der Waals surface area contributed by atoms with Crippen molar-refractivity contribution in [2.75, 3.05) is 13.1 Å². The fraction of sp³-hybridized carbons (Fsp3) is 0.438. The second-order valence-electron chi connectivity index (χ2n) is 6.34. The number of aliphatic carboxylic acids is 1. The van der Waals surface area contributed by atoms with E-state index in [-0.39, 0.29) is 18.0 Å². The van der Waals surface area contributed by atoms with Gasteiger partial charge in [0.25, 0.3) is 11.5 Å². The van der Waals surface area contributed by atoms with E-state index < -0.39 is 23.1 Å². The second-order valence-corrected chi connectivity index (χ2v) is 6.34. The Kier molecular flexibility index (Phi) is 4.74. The van der Waals surface area contributed by atoms with Crippen molar-refractivity contribution >= 4 is 11.9 Å². The number of likely N-dealkylation sites (tertiary alicyclic amines) is 1. The summed E-state index contributed by atoms with van der Waals surface area (Å²) in [4.78, 5) is 50.5. The van der Waals surface area contributed by atoms with Crippen molar-refractivity contribution in [2.45, 2.75) is 25.3 Å². The minimum atomic E-state index is -0.978. The Balaban J connectivity index is 1.78. The number of hydrogen-bond donors (Lipinski definition) is 2. The van der Waals surface area contributed by atoms with Gasteiger partial charge in [-0.1, -0.05) is 0 Å². The standard InChI is InChI=1S/C16H19N5O5/c1-19-8-11(14(24)17-16(19)26)15(25)20-5-2-3-10(7-20)12-4-6-21(18-12)9-13(22)23/h4,6,8,10H,2-3,5,7,9H2,1H3,(H,22,23)(H,17,24,26)/t10-/m1/s1. The van der Waals surface area contributed by atoms with Crippen LogP contribution in [0.4, 0.5) is 0 Å². The van der Waals surface area contributed by atoms with Gasteiger partial charge in [-0.2, -0.15) is 5.10 Å². The van der Waals surface area contributed by atoms with Crippen LogP contribution >= 0.6 is 0 Å². The van der Waals surface area contributed by atoms with Crippen molar-refractivity contribution < 1.29 is 14.7 Å². The van der Waals surface area contributed by atoms with Gasteiger partial charge in [-0.15, -0.1) is 0 Å². The Labute approximate surface area is 147 Å². The quantitative estimate of drug-likeness (QED) is 0.746. The zero-order valence-corrected chi connectivity index (χ0v) is 14.2. The predicted molar refractivity (Wildman–Crippen MR) is 90.0 cm³/mol. The third-order valence-corrected chi connectivity index (χ3v) is 4.42. The van der Waals surface area contributed by atoms with Crippen LogP contribution in [-0.2, 0) is 18.4 Å². The van der Waals surface area contributed by atoms with Gasteiger partial charge in [0.2, 0.25) is 0 Å². The van der Waals surface area contributed by atoms with E-state index in [1.54, 1.807) is 17.2 Å². The molecule has 138 valence electrons. The van der Waals surface area contributed by atoms with Crippen molar-refractivity contribution in [2.24, 2.45) is 7.05 Å². The predicted octanol–water partition coefficient (Wildman–Crippen LogP) is -0.625. The van der Waals surface area contributed by atoms with Gasteiger partial charge in [-0.25, -0.2) is 4.79 Å². The van der Waals surface area contributed by atoms with Gasteiger partial charge >= 0.3 is 11.7 Å². The molecule has 1 atom stereocenters. The highest BCUT2D eigenvalue weighted by atomic mass is 16.4. The zero-order valence-electron chi connectivity index (χ0n) is 14.2. The molecule has 10 heteroatoms. The molecule has 0 radical (unpaired) electrons. The van der Waals surface area contributed by atoms with E-state index in [1.165, 1.54) is 17.9 Å². The average molecular weight is 361 g/mol. The maximum atomic E-state index is 12.7. The lowest BCUT2D eigenvalue weighted by molar-refractivity contribution is -0.137. The third-order valence-electron chi connectivity index (χ3n) is 4.42. The summed E-state index contributed by atoms with van der Waals surface area (Å²) in [7, 11) is 1.46. The maximum Gasteiger partial charge on any atom is 0.328 e. The number of carboxylic acid groups (broad SMARTS) is 1. The number of carbonyl (C=O) groups is 2. The molecule has 1 aliphatic rings. The van der Waals surface area contributed by atoms with Crippen LogP contribution in [0.15, 0.2) is 28.0 Å². The van der Waals surface area contributed by atoms with Crippen molar-refractivity contribution in [1.82, 2.24) is 24.2 Å². The van der Waals surface area contributed by atoms with Crippen LogP contribution in [0.5, 0.6) is 0 Å². The van der Waals surface area contributed by atoms with Gasteiger partial charge in [0.15, 0.2) is 0 Å². The van der Waals surface area contributed by atoms with E-state index in [0.29, 0.717) is 13.1 Å². The summed E-state index contributed by atoms with van der Waals surface area (Å²) in [6.07, 6.45) is 4.40. The first-order valence-electron chi connectivity index (χ1n) is 8.19. The van der Waals surface area contributed by atoms with E-state index in [9.17, 15) is 19.2 Å². The molecular weight excluding hydrogens is 342 g/mol. The van der Waals surface area contributed by atoms with Crippen LogP contribution < -0.4 is 11.2 Å². The normalized spacial score (nSPS) is 17.3. The summed E-state index contributed by atoms with van der Waals surface area (Å²) in [5.74, 6) is -1.44. The summed E-state index contributed by atoms with van der Waals surface area (Å²) < 4.78 is 2.50. The summed E-state index contributed by atoms with van der Waals surface area (Å²) in [6, 6.07) is 1.75. The van der Waals surface area contributed by atoms with E-state index >= 15 is 0 Å². The Morgan fingerprint density at radius 1 is 1.38 bits per heavy atom. The van der Waals surface area contributed by atoms with Crippen molar-refractivity contribution in [3.8, 4) is 0 Å². The Hall–Kier alpha value is -3.17. The van der Waals surface area contributed by atoms with Crippen molar-refractivity contribution in [3.63, 3.8) is 0 Å². The lowest BCUT2D eigenvalue weighted by Crippen LogP contribution is -2.43. The molecule has 0 bridgehead atoms. The molecule has 1 aliphatic heterocycles. The lowest BCUT2D eigenvalue weighted by atomic mass is 9.94. The van der Waals surface area contributed by atoms with E-state index in [0.717, 1.165) is 23.1 Å². The Bertz CT molecular complexity index is 956. The summed E-state index contributed by atoms with van der Waals surface area (Å²) >= 11 is 0. The fourth-order valence-corrected chi connectivity index (χ4v) is 3.11. The molecule has 3 heterocycles. The minimum absolute atomic E-state index is 0.0330. The molecule has 0 unspecified atom stereocenters. The van der Waals surface area contributed by atoms with Crippen LogP contribution in [0.2, 0.25) is 0 Å². The first-order valence-corrected chi connectivity index (χ1v) is 8.19. The maximum absolute atomic E-state index is 12.7. The SMILES string of the molecule is Cn1cc(C(=O)N2CCC[C@@H](c3ccn(CC(=O)O)n3)C2)c(=O)[nH]c1=O. The first-order chi connectivity index (χ1) is 12.3. The smallest absolute Gasteiger partial charge is 0.328 e. The number of rotatable bonds is 4. The monoisotopic (exact) mass is 361 g/mol. The highest BCUT2D eigenvalue weighted by molar-refractivity contribution is 5.93. The van der Waals surface area contributed by atoms with Gasteiger partial charge in [-0.05, 0) is 18.9 Å². The van der Waals surface area contributed by atoms with Gasteiger partial charge in [-0.3, -0.25) is 24.0 Å². The number of nitrogens with one attached hydrogen (secondary N) is 1. The Morgan fingerprint density at radius 3 is 2.88 bits per heavy atom. The van der Waals surface area contributed by atoms with Gasteiger partial charge in [0.1, 0.15) is 12.1 Å². The first kappa shape index (κ1) is 17.6. The highest BCUT2D eigenvalue weighted by Crippen LogP contribution is 2.26. The molecule has 1 saturated heterocycles.